The summed E-state index contributed by atoms with van der Waals surface area (Å²) in [5.74, 6) is 0.886. The number of carbonyl (C=O) groups excluding carboxylic acids is 1. The van der Waals surface area contributed by atoms with Crippen molar-refractivity contribution < 1.29 is 13.9 Å². The van der Waals surface area contributed by atoms with Crippen molar-refractivity contribution in [2.24, 2.45) is 0 Å². The number of ether oxygens (including phenoxy) is 1. The maximum atomic E-state index is 11.7. The lowest BCUT2D eigenvalue weighted by atomic mass is 10.2. The molecule has 2 unspecified atom stereocenters. The Morgan fingerprint density at radius 3 is 2.65 bits per heavy atom. The van der Waals surface area contributed by atoms with Crippen LogP contribution < -0.4 is 10.6 Å². The third kappa shape index (κ3) is 6.10. The second-order valence-corrected chi connectivity index (χ2v) is 5.90. The number of hydrogen-bond donors (Lipinski definition) is 2. The minimum absolute atomic E-state index is 0.0299. The molecule has 2 N–H and O–H groups in total. The van der Waals surface area contributed by atoms with E-state index < -0.39 is 5.60 Å². The highest BCUT2D eigenvalue weighted by molar-refractivity contribution is 5.68. The third-order valence-corrected chi connectivity index (χ3v) is 2.85. The summed E-state index contributed by atoms with van der Waals surface area (Å²) in [4.78, 5) is 11.7. The molecule has 0 aliphatic rings. The van der Waals surface area contributed by atoms with E-state index in [1.807, 2.05) is 46.8 Å². The fraction of sp³-hybridized carbons (Fsp3) is 0.667. The van der Waals surface area contributed by atoms with E-state index in [4.69, 9.17) is 9.15 Å². The Labute approximate surface area is 121 Å². The van der Waals surface area contributed by atoms with Crippen LogP contribution in [0.1, 0.15) is 52.8 Å². The van der Waals surface area contributed by atoms with Gasteiger partial charge in [-0.25, -0.2) is 4.79 Å². The smallest absolute Gasteiger partial charge is 0.407 e. The van der Waals surface area contributed by atoms with Gasteiger partial charge in [-0.3, -0.25) is 0 Å². The van der Waals surface area contributed by atoms with Gasteiger partial charge in [-0.1, -0.05) is 6.92 Å². The van der Waals surface area contributed by atoms with Gasteiger partial charge in [-0.05, 0) is 46.2 Å². The monoisotopic (exact) mass is 282 g/mol. The first-order valence-corrected chi connectivity index (χ1v) is 7.08. The molecule has 0 saturated heterocycles. The molecule has 5 nitrogen and oxygen atoms in total. The largest absolute Gasteiger partial charge is 0.468 e. The SMILES string of the molecule is CCC(CNC(C)c1ccco1)NC(=O)OC(C)(C)C. The van der Waals surface area contributed by atoms with Crippen LogP contribution in [0.3, 0.4) is 0 Å². The van der Waals surface area contributed by atoms with E-state index in [1.54, 1.807) is 6.26 Å². The van der Waals surface area contributed by atoms with Gasteiger partial charge >= 0.3 is 6.09 Å². The van der Waals surface area contributed by atoms with Crippen LogP contribution >= 0.6 is 0 Å². The lowest BCUT2D eigenvalue weighted by molar-refractivity contribution is 0.0502. The van der Waals surface area contributed by atoms with Gasteiger partial charge in [0.1, 0.15) is 11.4 Å². The van der Waals surface area contributed by atoms with E-state index in [9.17, 15) is 4.79 Å². The highest BCUT2D eigenvalue weighted by atomic mass is 16.6. The summed E-state index contributed by atoms with van der Waals surface area (Å²) in [6.07, 6.45) is 2.11. The number of hydrogen-bond acceptors (Lipinski definition) is 4. The molecule has 2 atom stereocenters. The normalized spacial score (nSPS) is 14.7. The van der Waals surface area contributed by atoms with Crippen molar-refractivity contribution in [3.8, 4) is 0 Å². The molecule has 0 aliphatic heterocycles. The van der Waals surface area contributed by atoms with E-state index in [1.165, 1.54) is 0 Å². The zero-order chi connectivity index (χ0) is 15.2. The molecule has 0 aliphatic carbocycles. The Kier molecular flexibility index (Phi) is 6.07. The Balaban J connectivity index is 2.38. The molecule has 114 valence electrons. The summed E-state index contributed by atoms with van der Waals surface area (Å²) in [7, 11) is 0. The van der Waals surface area contributed by atoms with Crippen molar-refractivity contribution in [1.29, 1.82) is 0 Å². The molecule has 0 bridgehead atoms. The first kappa shape index (κ1) is 16.6. The standard InChI is InChI=1S/C15H26N2O3/c1-6-12(17-14(18)20-15(3,4)5)10-16-11(2)13-8-7-9-19-13/h7-9,11-12,16H,6,10H2,1-5H3,(H,17,18). The summed E-state index contributed by atoms with van der Waals surface area (Å²) in [5.41, 5.74) is -0.475. The fourth-order valence-electron chi connectivity index (χ4n) is 1.73. The molecule has 0 spiro atoms. The molecule has 20 heavy (non-hydrogen) atoms. The second kappa shape index (κ2) is 7.33. The summed E-state index contributed by atoms with van der Waals surface area (Å²) < 4.78 is 10.6. The number of nitrogens with one attached hydrogen (secondary N) is 2. The van der Waals surface area contributed by atoms with Crippen LogP contribution in [-0.4, -0.2) is 24.3 Å². The molecule has 0 radical (unpaired) electrons. The Morgan fingerprint density at radius 2 is 2.15 bits per heavy atom. The fourth-order valence-corrected chi connectivity index (χ4v) is 1.73. The summed E-state index contributed by atoms with van der Waals surface area (Å²) in [6.45, 7) is 10.3. The van der Waals surface area contributed by atoms with Gasteiger partial charge < -0.3 is 19.8 Å². The van der Waals surface area contributed by atoms with Crippen molar-refractivity contribution in [1.82, 2.24) is 10.6 Å². The average molecular weight is 282 g/mol. The van der Waals surface area contributed by atoms with E-state index in [0.29, 0.717) is 6.54 Å². The molecule has 1 aromatic heterocycles. The summed E-state index contributed by atoms with van der Waals surface area (Å²) in [6, 6.07) is 3.94. The zero-order valence-corrected chi connectivity index (χ0v) is 13.0. The van der Waals surface area contributed by atoms with Crippen LogP contribution in [0.5, 0.6) is 0 Å². The molecule has 0 saturated carbocycles. The predicted molar refractivity (Wildman–Crippen MR) is 78.6 cm³/mol. The van der Waals surface area contributed by atoms with Crippen molar-refractivity contribution >= 4 is 6.09 Å². The Bertz CT molecular complexity index is 396. The predicted octanol–water partition coefficient (Wildman–Crippen LogP) is 3.23. The maximum Gasteiger partial charge on any atom is 0.407 e. The molecule has 1 heterocycles. The lowest BCUT2D eigenvalue weighted by Crippen LogP contribution is -2.44. The third-order valence-electron chi connectivity index (χ3n) is 2.85. The van der Waals surface area contributed by atoms with Crippen LogP contribution in [0.25, 0.3) is 0 Å². The van der Waals surface area contributed by atoms with E-state index >= 15 is 0 Å². The van der Waals surface area contributed by atoms with Crippen molar-refractivity contribution in [3.63, 3.8) is 0 Å². The van der Waals surface area contributed by atoms with Gasteiger partial charge in [-0.2, -0.15) is 0 Å². The first-order valence-electron chi connectivity index (χ1n) is 7.08. The lowest BCUT2D eigenvalue weighted by Gasteiger charge is -2.24. The Morgan fingerprint density at radius 1 is 1.45 bits per heavy atom. The molecule has 1 amide bonds. The number of furan rings is 1. The summed E-state index contributed by atoms with van der Waals surface area (Å²) in [5, 5.41) is 6.21. The minimum Gasteiger partial charge on any atom is -0.468 e. The molecule has 0 aromatic carbocycles. The number of alkyl carbamates (subject to hydrolysis) is 1. The molecular formula is C15H26N2O3. The van der Waals surface area contributed by atoms with E-state index in [-0.39, 0.29) is 18.2 Å². The van der Waals surface area contributed by atoms with Gasteiger partial charge in [0.25, 0.3) is 0 Å². The number of carbonyl (C=O) groups is 1. The van der Waals surface area contributed by atoms with Crippen LogP contribution in [0.4, 0.5) is 4.79 Å². The minimum atomic E-state index is -0.475. The van der Waals surface area contributed by atoms with Crippen LogP contribution in [0.15, 0.2) is 22.8 Å². The van der Waals surface area contributed by atoms with Gasteiger partial charge in [0, 0.05) is 12.6 Å². The average Bonchev–Trinajstić information content (AvgIpc) is 2.85. The first-order chi connectivity index (χ1) is 9.31. The number of amides is 1. The highest BCUT2D eigenvalue weighted by Gasteiger charge is 2.19. The second-order valence-electron chi connectivity index (χ2n) is 5.90. The van der Waals surface area contributed by atoms with Crippen LogP contribution in [0.2, 0.25) is 0 Å². The van der Waals surface area contributed by atoms with E-state index in [2.05, 4.69) is 10.6 Å². The zero-order valence-electron chi connectivity index (χ0n) is 13.0. The van der Waals surface area contributed by atoms with Crippen LogP contribution in [-0.2, 0) is 4.74 Å². The van der Waals surface area contributed by atoms with E-state index in [0.717, 1.165) is 12.2 Å². The molecule has 1 rings (SSSR count). The maximum absolute atomic E-state index is 11.7. The van der Waals surface area contributed by atoms with Crippen molar-refractivity contribution in [2.75, 3.05) is 6.54 Å². The topological polar surface area (TPSA) is 63.5 Å². The molecular weight excluding hydrogens is 256 g/mol. The van der Waals surface area contributed by atoms with Gasteiger partial charge in [0.15, 0.2) is 0 Å². The van der Waals surface area contributed by atoms with Crippen molar-refractivity contribution in [3.05, 3.63) is 24.2 Å². The Hall–Kier alpha value is -1.49. The summed E-state index contributed by atoms with van der Waals surface area (Å²) >= 11 is 0. The highest BCUT2D eigenvalue weighted by Crippen LogP contribution is 2.12. The molecule has 0 fully saturated rings. The van der Waals surface area contributed by atoms with Crippen LogP contribution in [0, 0.1) is 0 Å². The van der Waals surface area contributed by atoms with Gasteiger partial charge in [0.05, 0.1) is 12.3 Å². The van der Waals surface area contributed by atoms with Gasteiger partial charge in [0.2, 0.25) is 0 Å². The number of rotatable bonds is 6. The molecule has 1 aromatic rings. The molecule has 5 heteroatoms. The quantitative estimate of drug-likeness (QED) is 0.840. The van der Waals surface area contributed by atoms with Crippen molar-refractivity contribution in [2.45, 2.75) is 58.7 Å². The van der Waals surface area contributed by atoms with Gasteiger partial charge in [-0.15, -0.1) is 0 Å².